The lowest BCUT2D eigenvalue weighted by molar-refractivity contribution is 0.145. The molecule has 0 fully saturated rings. The highest BCUT2D eigenvalue weighted by molar-refractivity contribution is 4.52. The molecule has 0 N–H and O–H groups in total. The molecule has 2 heteroatoms. The van der Waals surface area contributed by atoms with Crippen molar-refractivity contribution in [3.05, 3.63) is 6.92 Å². The number of halogens is 1. The Bertz CT molecular complexity index is 28.7. The van der Waals surface area contributed by atoms with Crippen LogP contribution in [0.25, 0.3) is 0 Å². The lowest BCUT2D eigenvalue weighted by atomic mass is 10.5. The van der Waals surface area contributed by atoms with Crippen molar-refractivity contribution < 1.29 is 9.13 Å². The molecule has 0 unspecified atom stereocenters. The Labute approximate surface area is 37.1 Å². The molecule has 0 heterocycles. The summed E-state index contributed by atoms with van der Waals surface area (Å²) in [6.45, 7) is 3.13. The Morgan fingerprint density at radius 2 is 2.50 bits per heavy atom. The zero-order valence-corrected chi connectivity index (χ0v) is 3.78. The van der Waals surface area contributed by atoms with Crippen LogP contribution in [0, 0.1) is 6.92 Å². The van der Waals surface area contributed by atoms with E-state index in [2.05, 4.69) is 11.7 Å². The van der Waals surface area contributed by atoms with Crippen LogP contribution in [0.4, 0.5) is 4.39 Å². The molecular formula is C4H8FO. The third kappa shape index (κ3) is 3.89. The second kappa shape index (κ2) is 3.09. The SMILES string of the molecule is [CH2][C@H](F)COC. The number of hydrogen-bond donors (Lipinski definition) is 0. The highest BCUT2D eigenvalue weighted by atomic mass is 19.1. The minimum atomic E-state index is -1.07. The van der Waals surface area contributed by atoms with Crippen LogP contribution in [0.3, 0.4) is 0 Å². The standard InChI is InChI=1S/C4H8FO/c1-4(5)3-6-2/h4H,1,3H2,2H3/t4-/m0/s1. The van der Waals surface area contributed by atoms with Crippen LogP contribution in [0.2, 0.25) is 0 Å². The fourth-order valence-corrected chi connectivity index (χ4v) is 0.181. The second-order valence-corrected chi connectivity index (χ2v) is 1.05. The number of methoxy groups -OCH3 is 1. The third-order valence-electron chi connectivity index (χ3n) is 0.348. The monoisotopic (exact) mass is 91.1 g/mol. The highest BCUT2D eigenvalue weighted by Gasteiger charge is 1.91. The Morgan fingerprint density at radius 1 is 2.00 bits per heavy atom. The average Bonchev–Trinajstić information content (AvgIpc) is 1.35. The minimum Gasteiger partial charge on any atom is -0.382 e. The van der Waals surface area contributed by atoms with E-state index in [-0.39, 0.29) is 6.61 Å². The molecule has 0 aliphatic heterocycles. The first-order valence-corrected chi connectivity index (χ1v) is 1.73. The summed E-state index contributed by atoms with van der Waals surface area (Å²) >= 11 is 0. The van der Waals surface area contributed by atoms with Gasteiger partial charge in [-0.2, -0.15) is 0 Å². The largest absolute Gasteiger partial charge is 0.382 e. The Balaban J connectivity index is 2.63. The van der Waals surface area contributed by atoms with E-state index in [0.717, 1.165) is 0 Å². The third-order valence-corrected chi connectivity index (χ3v) is 0.348. The van der Waals surface area contributed by atoms with Crippen molar-refractivity contribution in [1.29, 1.82) is 0 Å². The molecule has 0 bridgehead atoms. The van der Waals surface area contributed by atoms with Crippen LogP contribution in [0.5, 0.6) is 0 Å². The van der Waals surface area contributed by atoms with E-state index >= 15 is 0 Å². The first kappa shape index (κ1) is 5.89. The van der Waals surface area contributed by atoms with E-state index in [1.807, 2.05) is 0 Å². The van der Waals surface area contributed by atoms with Crippen molar-refractivity contribution in [1.82, 2.24) is 0 Å². The maximum Gasteiger partial charge on any atom is 0.123 e. The highest BCUT2D eigenvalue weighted by Crippen LogP contribution is 1.83. The summed E-state index contributed by atoms with van der Waals surface area (Å²) in [5.41, 5.74) is 0. The van der Waals surface area contributed by atoms with Gasteiger partial charge in [0.15, 0.2) is 0 Å². The molecule has 0 aliphatic rings. The Kier molecular flexibility index (Phi) is 3.04. The molecule has 0 spiro atoms. The number of rotatable bonds is 2. The molecule has 37 valence electrons. The van der Waals surface area contributed by atoms with Crippen molar-refractivity contribution in [2.45, 2.75) is 6.17 Å². The van der Waals surface area contributed by atoms with E-state index in [1.54, 1.807) is 0 Å². The lowest BCUT2D eigenvalue weighted by Crippen LogP contribution is -2.01. The van der Waals surface area contributed by atoms with Gasteiger partial charge in [-0.05, 0) is 6.92 Å². The van der Waals surface area contributed by atoms with Gasteiger partial charge in [0.25, 0.3) is 0 Å². The first-order valence-electron chi connectivity index (χ1n) is 1.73. The fraction of sp³-hybridized carbons (Fsp3) is 0.750. The van der Waals surface area contributed by atoms with E-state index in [9.17, 15) is 4.39 Å². The molecule has 0 aromatic carbocycles. The molecule has 0 aromatic heterocycles. The molecule has 0 saturated heterocycles. The van der Waals surface area contributed by atoms with Crippen molar-refractivity contribution in [3.8, 4) is 0 Å². The zero-order valence-electron chi connectivity index (χ0n) is 3.78. The zero-order chi connectivity index (χ0) is 4.99. The molecular weight excluding hydrogens is 83.0 g/mol. The molecule has 0 saturated carbocycles. The lowest BCUT2D eigenvalue weighted by Gasteiger charge is -1.93. The predicted molar refractivity (Wildman–Crippen MR) is 22.1 cm³/mol. The molecule has 0 amide bonds. The summed E-state index contributed by atoms with van der Waals surface area (Å²) in [6, 6.07) is 0. The van der Waals surface area contributed by atoms with Gasteiger partial charge in [0.1, 0.15) is 6.17 Å². The van der Waals surface area contributed by atoms with Crippen molar-refractivity contribution in [3.63, 3.8) is 0 Å². The van der Waals surface area contributed by atoms with Gasteiger partial charge in [-0.3, -0.25) is 0 Å². The first-order chi connectivity index (χ1) is 2.77. The maximum atomic E-state index is 11.5. The summed E-state index contributed by atoms with van der Waals surface area (Å²) in [5.74, 6) is 0. The summed E-state index contributed by atoms with van der Waals surface area (Å²) in [5, 5.41) is 0. The summed E-state index contributed by atoms with van der Waals surface area (Å²) < 4.78 is 15.8. The van der Waals surface area contributed by atoms with E-state index in [4.69, 9.17) is 0 Å². The Morgan fingerprint density at radius 3 is 2.50 bits per heavy atom. The predicted octanol–water partition coefficient (Wildman–Crippen LogP) is 0.805. The van der Waals surface area contributed by atoms with Gasteiger partial charge in [-0.15, -0.1) is 0 Å². The Hall–Kier alpha value is -0.110. The van der Waals surface area contributed by atoms with Gasteiger partial charge in [0.05, 0.1) is 6.61 Å². The van der Waals surface area contributed by atoms with Gasteiger partial charge in [-0.1, -0.05) is 0 Å². The second-order valence-electron chi connectivity index (χ2n) is 1.05. The molecule has 6 heavy (non-hydrogen) atoms. The molecule has 0 rings (SSSR count). The van der Waals surface area contributed by atoms with Crippen LogP contribution in [0.1, 0.15) is 0 Å². The van der Waals surface area contributed by atoms with Gasteiger partial charge in [0, 0.05) is 7.11 Å². The van der Waals surface area contributed by atoms with Gasteiger partial charge in [-0.25, -0.2) is 4.39 Å². The smallest absolute Gasteiger partial charge is 0.123 e. The van der Waals surface area contributed by atoms with Crippen molar-refractivity contribution in [2.24, 2.45) is 0 Å². The van der Waals surface area contributed by atoms with Crippen molar-refractivity contribution in [2.75, 3.05) is 13.7 Å². The minimum absolute atomic E-state index is 0.0972. The van der Waals surface area contributed by atoms with Gasteiger partial charge < -0.3 is 4.74 Å². The van der Waals surface area contributed by atoms with E-state index in [0.29, 0.717) is 0 Å². The molecule has 1 atom stereocenters. The summed E-state index contributed by atoms with van der Waals surface area (Å²) in [6.07, 6.45) is -1.07. The van der Waals surface area contributed by atoms with E-state index in [1.165, 1.54) is 7.11 Å². The van der Waals surface area contributed by atoms with E-state index < -0.39 is 6.17 Å². The van der Waals surface area contributed by atoms with Crippen LogP contribution in [-0.2, 0) is 4.74 Å². The van der Waals surface area contributed by atoms with Crippen LogP contribution in [-0.4, -0.2) is 19.9 Å². The normalized spacial score (nSPS) is 14.5. The van der Waals surface area contributed by atoms with Gasteiger partial charge in [0.2, 0.25) is 0 Å². The average molecular weight is 91.1 g/mol. The molecule has 0 aromatic rings. The topological polar surface area (TPSA) is 9.23 Å². The quantitative estimate of drug-likeness (QED) is 0.488. The maximum absolute atomic E-state index is 11.5. The summed E-state index contributed by atoms with van der Waals surface area (Å²) in [7, 11) is 1.44. The number of alkyl halides is 1. The van der Waals surface area contributed by atoms with Crippen molar-refractivity contribution >= 4 is 0 Å². The number of hydrogen-bond acceptors (Lipinski definition) is 1. The molecule has 0 aliphatic carbocycles. The van der Waals surface area contributed by atoms with Crippen LogP contribution >= 0.6 is 0 Å². The van der Waals surface area contributed by atoms with Crippen LogP contribution < -0.4 is 0 Å². The van der Waals surface area contributed by atoms with Gasteiger partial charge >= 0.3 is 0 Å². The molecule has 1 radical (unpaired) electrons. The fourth-order valence-electron chi connectivity index (χ4n) is 0.181. The molecule has 1 nitrogen and oxygen atoms in total. The number of ether oxygens (including phenoxy) is 1. The van der Waals surface area contributed by atoms with Crippen LogP contribution in [0.15, 0.2) is 0 Å². The summed E-state index contributed by atoms with van der Waals surface area (Å²) in [4.78, 5) is 0.